The fourth-order valence-electron chi connectivity index (χ4n) is 1.69. The molecule has 1 aliphatic heterocycles. The first-order valence-corrected chi connectivity index (χ1v) is 7.04. The van der Waals surface area contributed by atoms with E-state index in [4.69, 9.17) is 0 Å². The Bertz CT molecular complexity index is 621. The summed E-state index contributed by atoms with van der Waals surface area (Å²) in [5.41, 5.74) is -5.41. The Morgan fingerprint density at radius 2 is 2.10 bits per heavy atom. The molecule has 0 spiro atoms. The average Bonchev–Trinajstić information content (AvgIpc) is 2.75. The molecule has 1 aliphatic rings. The second kappa shape index (κ2) is 5.00. The minimum Gasteiger partial charge on any atom is -0.381 e. The standard InChI is InChI=1S/C10H12F3N3O3S/c1-15-5-4-9(14-15)16-6-2-8(3-7-16)19-20(17,18)10(11,12)13/h2,4-5H,3,6-7H2,1H3. The van der Waals surface area contributed by atoms with Gasteiger partial charge in [0.25, 0.3) is 0 Å². The van der Waals surface area contributed by atoms with Crippen LogP contribution in [0.25, 0.3) is 0 Å². The van der Waals surface area contributed by atoms with Crippen LogP contribution in [0, 0.1) is 0 Å². The molecule has 1 aromatic heterocycles. The van der Waals surface area contributed by atoms with Crippen molar-refractivity contribution in [1.82, 2.24) is 9.78 Å². The van der Waals surface area contributed by atoms with Crippen molar-refractivity contribution in [3.05, 3.63) is 24.1 Å². The van der Waals surface area contributed by atoms with Crippen molar-refractivity contribution < 1.29 is 25.8 Å². The van der Waals surface area contributed by atoms with Crippen molar-refractivity contribution in [3.63, 3.8) is 0 Å². The van der Waals surface area contributed by atoms with Gasteiger partial charge >= 0.3 is 15.6 Å². The van der Waals surface area contributed by atoms with Gasteiger partial charge < -0.3 is 9.08 Å². The van der Waals surface area contributed by atoms with Gasteiger partial charge in [0, 0.05) is 38.8 Å². The zero-order chi connectivity index (χ0) is 15.0. The molecule has 2 rings (SSSR count). The van der Waals surface area contributed by atoms with Crippen molar-refractivity contribution in [2.24, 2.45) is 7.05 Å². The molecule has 0 N–H and O–H groups in total. The van der Waals surface area contributed by atoms with E-state index in [1.165, 1.54) is 6.08 Å². The lowest BCUT2D eigenvalue weighted by molar-refractivity contribution is -0.0523. The van der Waals surface area contributed by atoms with Gasteiger partial charge in [-0.1, -0.05) is 0 Å². The average molecular weight is 311 g/mol. The lowest BCUT2D eigenvalue weighted by Gasteiger charge is -2.25. The van der Waals surface area contributed by atoms with Crippen molar-refractivity contribution in [2.45, 2.75) is 11.9 Å². The fourth-order valence-corrected chi connectivity index (χ4v) is 2.22. The van der Waals surface area contributed by atoms with Gasteiger partial charge in [0.15, 0.2) is 5.82 Å². The highest BCUT2D eigenvalue weighted by atomic mass is 32.2. The van der Waals surface area contributed by atoms with Crippen LogP contribution < -0.4 is 4.90 Å². The Labute approximate surface area is 113 Å². The van der Waals surface area contributed by atoms with E-state index < -0.39 is 15.6 Å². The molecule has 20 heavy (non-hydrogen) atoms. The number of halogens is 3. The van der Waals surface area contributed by atoms with E-state index in [0.29, 0.717) is 12.4 Å². The van der Waals surface area contributed by atoms with Crippen LogP contribution in [-0.4, -0.2) is 36.8 Å². The predicted molar refractivity (Wildman–Crippen MR) is 64.2 cm³/mol. The Hall–Kier alpha value is -1.71. The van der Waals surface area contributed by atoms with E-state index in [1.807, 2.05) is 0 Å². The zero-order valence-corrected chi connectivity index (χ0v) is 11.3. The number of anilines is 1. The quantitative estimate of drug-likeness (QED) is 0.623. The Morgan fingerprint density at radius 1 is 1.40 bits per heavy atom. The van der Waals surface area contributed by atoms with E-state index in [0.717, 1.165) is 0 Å². The lowest BCUT2D eigenvalue weighted by atomic mass is 10.2. The second-order valence-electron chi connectivity index (χ2n) is 4.20. The van der Waals surface area contributed by atoms with Gasteiger partial charge in [-0.2, -0.15) is 26.7 Å². The summed E-state index contributed by atoms with van der Waals surface area (Å²) in [6.45, 7) is 0.565. The molecule has 0 unspecified atom stereocenters. The minimum absolute atomic E-state index is 0.0614. The van der Waals surface area contributed by atoms with Crippen LogP contribution in [-0.2, 0) is 21.3 Å². The van der Waals surface area contributed by atoms with Gasteiger partial charge in [0.1, 0.15) is 5.76 Å². The summed E-state index contributed by atoms with van der Waals surface area (Å²) in [6.07, 6.45) is 3.10. The summed E-state index contributed by atoms with van der Waals surface area (Å²) in [7, 11) is -3.84. The maximum absolute atomic E-state index is 12.2. The number of nitrogens with zero attached hydrogens (tertiary/aromatic N) is 3. The van der Waals surface area contributed by atoms with Crippen molar-refractivity contribution in [1.29, 1.82) is 0 Å². The van der Waals surface area contributed by atoms with Crippen molar-refractivity contribution in [3.8, 4) is 0 Å². The summed E-state index contributed by atoms with van der Waals surface area (Å²) in [4.78, 5) is 1.80. The Balaban J connectivity index is 2.03. The third-order valence-electron chi connectivity index (χ3n) is 2.69. The molecule has 0 fully saturated rings. The van der Waals surface area contributed by atoms with Crippen LogP contribution in [0.2, 0.25) is 0 Å². The first kappa shape index (κ1) is 14.7. The van der Waals surface area contributed by atoms with E-state index in [1.54, 1.807) is 28.9 Å². The first-order valence-electron chi connectivity index (χ1n) is 5.63. The van der Waals surface area contributed by atoms with E-state index >= 15 is 0 Å². The molecule has 0 aliphatic carbocycles. The highest BCUT2D eigenvalue weighted by Gasteiger charge is 2.48. The van der Waals surface area contributed by atoms with Gasteiger partial charge in [0.2, 0.25) is 0 Å². The molecule has 0 saturated carbocycles. The van der Waals surface area contributed by atoms with Gasteiger partial charge in [-0.3, -0.25) is 4.68 Å². The Kier molecular flexibility index (Phi) is 3.67. The minimum atomic E-state index is -5.58. The van der Waals surface area contributed by atoms with Gasteiger partial charge in [-0.05, 0) is 6.08 Å². The molecule has 0 aromatic carbocycles. The highest BCUT2D eigenvalue weighted by molar-refractivity contribution is 7.87. The maximum atomic E-state index is 12.2. The summed E-state index contributed by atoms with van der Waals surface area (Å²) in [5, 5.41) is 4.15. The monoisotopic (exact) mass is 311 g/mol. The fraction of sp³-hybridized carbons (Fsp3) is 0.500. The summed E-state index contributed by atoms with van der Waals surface area (Å²) in [6, 6.07) is 1.76. The van der Waals surface area contributed by atoms with Crippen molar-refractivity contribution >= 4 is 15.9 Å². The van der Waals surface area contributed by atoms with Crippen molar-refractivity contribution in [2.75, 3.05) is 18.0 Å². The molecule has 6 nitrogen and oxygen atoms in total. The summed E-state index contributed by atoms with van der Waals surface area (Å²) in [5.74, 6) is 0.469. The summed E-state index contributed by atoms with van der Waals surface area (Å²) >= 11 is 0. The lowest BCUT2D eigenvalue weighted by Crippen LogP contribution is -2.32. The van der Waals surface area contributed by atoms with E-state index in [-0.39, 0.29) is 18.7 Å². The maximum Gasteiger partial charge on any atom is 0.534 e. The van der Waals surface area contributed by atoms with E-state index in [9.17, 15) is 21.6 Å². The smallest absolute Gasteiger partial charge is 0.381 e. The SMILES string of the molecule is Cn1ccc(N2CC=C(OS(=O)(=O)C(F)(F)F)CC2)n1. The molecule has 2 heterocycles. The molecule has 1 aromatic rings. The number of rotatable bonds is 3. The van der Waals surface area contributed by atoms with Crippen LogP contribution in [0.3, 0.4) is 0 Å². The number of aromatic nitrogens is 2. The van der Waals surface area contributed by atoms with Gasteiger partial charge in [-0.25, -0.2) is 0 Å². The second-order valence-corrected chi connectivity index (χ2v) is 5.74. The zero-order valence-electron chi connectivity index (χ0n) is 10.5. The molecule has 0 saturated heterocycles. The van der Waals surface area contributed by atoms with Crippen LogP contribution in [0.5, 0.6) is 0 Å². The number of alkyl halides is 3. The van der Waals surface area contributed by atoms with Gasteiger partial charge in [0.05, 0.1) is 0 Å². The third kappa shape index (κ3) is 3.06. The van der Waals surface area contributed by atoms with Gasteiger partial charge in [-0.15, -0.1) is 0 Å². The Morgan fingerprint density at radius 3 is 2.55 bits per heavy atom. The topological polar surface area (TPSA) is 64.4 Å². The first-order chi connectivity index (χ1) is 9.19. The normalized spacial score (nSPS) is 17.0. The predicted octanol–water partition coefficient (Wildman–Crippen LogP) is 1.38. The summed E-state index contributed by atoms with van der Waals surface area (Å²) < 4.78 is 63.9. The molecular formula is C10H12F3N3O3S. The highest BCUT2D eigenvalue weighted by Crippen LogP contribution is 2.28. The molecule has 10 heteroatoms. The molecule has 0 bridgehead atoms. The van der Waals surface area contributed by atoms with Crippen LogP contribution in [0.15, 0.2) is 24.1 Å². The molecular weight excluding hydrogens is 299 g/mol. The molecule has 0 amide bonds. The largest absolute Gasteiger partial charge is 0.534 e. The van der Waals surface area contributed by atoms with Crippen LogP contribution in [0.4, 0.5) is 19.0 Å². The van der Waals surface area contributed by atoms with E-state index in [2.05, 4.69) is 9.28 Å². The number of aryl methyl sites for hydroxylation is 1. The van der Waals surface area contributed by atoms with Crippen LogP contribution in [0.1, 0.15) is 6.42 Å². The number of hydrogen-bond acceptors (Lipinski definition) is 5. The molecule has 0 radical (unpaired) electrons. The number of hydrogen-bond donors (Lipinski definition) is 0. The third-order valence-corrected chi connectivity index (χ3v) is 3.69. The van der Waals surface area contributed by atoms with Crippen LogP contribution >= 0.6 is 0 Å². The molecule has 112 valence electrons. The molecule has 0 atom stereocenters.